The van der Waals surface area contributed by atoms with Gasteiger partial charge in [-0.2, -0.15) is 0 Å². The van der Waals surface area contributed by atoms with Gasteiger partial charge in [0.15, 0.2) is 0 Å². The lowest BCUT2D eigenvalue weighted by molar-refractivity contribution is 0.833. The number of benzene rings is 1. The third-order valence-electron chi connectivity index (χ3n) is 3.18. The van der Waals surface area contributed by atoms with Gasteiger partial charge in [-0.15, -0.1) is 11.3 Å². The number of hydrogen-bond acceptors (Lipinski definition) is 3. The van der Waals surface area contributed by atoms with E-state index in [0.29, 0.717) is 5.02 Å². The zero-order valence-corrected chi connectivity index (χ0v) is 12.8. The van der Waals surface area contributed by atoms with Gasteiger partial charge in [-0.3, -0.25) is 0 Å². The molecule has 3 rings (SSSR count). The molecule has 5 heteroatoms. The Morgan fingerprint density at radius 1 is 1.39 bits per heavy atom. The second-order valence-electron chi connectivity index (χ2n) is 4.43. The first kappa shape index (κ1) is 12.6. The monoisotopic (exact) mass is 342 g/mol. The number of rotatable bonds is 2. The van der Waals surface area contributed by atoms with Crippen molar-refractivity contribution in [3.63, 3.8) is 0 Å². The minimum Gasteiger partial charge on any atom is -0.318 e. The van der Waals surface area contributed by atoms with Gasteiger partial charge < -0.3 is 5.73 Å². The summed E-state index contributed by atoms with van der Waals surface area (Å²) >= 11 is 11.2. The quantitative estimate of drug-likeness (QED) is 0.891. The molecule has 0 fully saturated rings. The molecule has 0 saturated carbocycles. The van der Waals surface area contributed by atoms with Crippen LogP contribution in [0, 0.1) is 0 Å². The summed E-state index contributed by atoms with van der Waals surface area (Å²) in [4.78, 5) is 6.08. The predicted molar refractivity (Wildman–Crippen MR) is 79.3 cm³/mol. The van der Waals surface area contributed by atoms with Gasteiger partial charge >= 0.3 is 0 Å². The van der Waals surface area contributed by atoms with Crippen molar-refractivity contribution in [2.45, 2.75) is 25.3 Å². The number of aryl methyl sites for hydroxylation is 2. The van der Waals surface area contributed by atoms with Crippen LogP contribution >= 0.6 is 38.9 Å². The van der Waals surface area contributed by atoms with Crippen molar-refractivity contribution < 1.29 is 0 Å². The molecule has 1 aromatic heterocycles. The zero-order valence-electron chi connectivity index (χ0n) is 9.62. The molecule has 0 amide bonds. The van der Waals surface area contributed by atoms with E-state index in [1.165, 1.54) is 17.0 Å². The highest BCUT2D eigenvalue weighted by Gasteiger charge is 2.21. The van der Waals surface area contributed by atoms with Crippen LogP contribution in [0.4, 0.5) is 0 Å². The largest absolute Gasteiger partial charge is 0.318 e. The first-order valence-electron chi connectivity index (χ1n) is 5.84. The van der Waals surface area contributed by atoms with Crippen LogP contribution in [0.5, 0.6) is 0 Å². The van der Waals surface area contributed by atoms with Crippen molar-refractivity contribution in [2.24, 2.45) is 5.73 Å². The molecule has 1 atom stereocenters. The Kier molecular flexibility index (Phi) is 3.45. The summed E-state index contributed by atoms with van der Waals surface area (Å²) < 4.78 is 0.876. The number of nitrogens with two attached hydrogens (primary N) is 1. The molecule has 18 heavy (non-hydrogen) atoms. The Hall–Kier alpha value is -0.420. The summed E-state index contributed by atoms with van der Waals surface area (Å²) in [5.74, 6) is 0. The molecule has 1 aliphatic rings. The van der Waals surface area contributed by atoms with Gasteiger partial charge in [-0.1, -0.05) is 17.7 Å². The van der Waals surface area contributed by atoms with Crippen molar-refractivity contribution >= 4 is 38.9 Å². The normalized spacial score (nSPS) is 15.7. The van der Waals surface area contributed by atoms with Gasteiger partial charge in [0.1, 0.15) is 5.01 Å². The fraction of sp³-hybridized carbons (Fsp3) is 0.308. The number of fused-ring (bicyclic) bond motifs is 1. The molecular weight excluding hydrogens is 332 g/mol. The van der Waals surface area contributed by atoms with E-state index in [0.717, 1.165) is 27.9 Å². The molecule has 94 valence electrons. The number of hydrogen-bond donors (Lipinski definition) is 1. The Morgan fingerprint density at radius 2 is 2.22 bits per heavy atom. The molecule has 0 bridgehead atoms. The van der Waals surface area contributed by atoms with Gasteiger partial charge in [0.05, 0.1) is 16.8 Å². The molecule has 0 radical (unpaired) electrons. The summed E-state index contributed by atoms with van der Waals surface area (Å²) in [7, 11) is 0. The summed E-state index contributed by atoms with van der Waals surface area (Å²) in [5, 5.41) is 1.71. The van der Waals surface area contributed by atoms with Crippen LogP contribution in [0.25, 0.3) is 0 Å². The average Bonchev–Trinajstić information content (AvgIpc) is 2.92. The van der Waals surface area contributed by atoms with E-state index in [1.54, 1.807) is 11.3 Å². The fourth-order valence-corrected chi connectivity index (χ4v) is 3.89. The predicted octanol–water partition coefficient (Wildman–Crippen LogP) is 4.10. The van der Waals surface area contributed by atoms with Gasteiger partial charge in [-0.25, -0.2) is 4.98 Å². The van der Waals surface area contributed by atoms with E-state index in [1.807, 2.05) is 18.2 Å². The van der Waals surface area contributed by atoms with Crippen LogP contribution in [0.2, 0.25) is 5.02 Å². The van der Waals surface area contributed by atoms with Gasteiger partial charge in [-0.05, 0) is 52.9 Å². The second-order valence-corrected chi connectivity index (χ2v) is 6.80. The summed E-state index contributed by atoms with van der Waals surface area (Å²) in [6.07, 6.45) is 3.49. The first-order chi connectivity index (χ1) is 8.65. The fourth-order valence-electron chi connectivity index (χ4n) is 2.19. The molecule has 0 saturated heterocycles. The Morgan fingerprint density at radius 3 is 2.94 bits per heavy atom. The SMILES string of the molecule is NC(c1ccc(Cl)c(Br)c1)c1nc2c(s1)CCC2. The van der Waals surface area contributed by atoms with E-state index in [4.69, 9.17) is 17.3 Å². The van der Waals surface area contributed by atoms with Gasteiger partial charge in [0.25, 0.3) is 0 Å². The highest BCUT2D eigenvalue weighted by Crippen LogP contribution is 2.33. The van der Waals surface area contributed by atoms with Crippen molar-refractivity contribution in [1.29, 1.82) is 0 Å². The van der Waals surface area contributed by atoms with E-state index in [-0.39, 0.29) is 6.04 Å². The average molecular weight is 344 g/mol. The lowest BCUT2D eigenvalue weighted by Crippen LogP contribution is -2.11. The third-order valence-corrected chi connectivity index (χ3v) is 5.64. The maximum absolute atomic E-state index is 6.28. The van der Waals surface area contributed by atoms with Gasteiger partial charge in [0, 0.05) is 9.35 Å². The Bertz CT molecular complexity index is 575. The highest BCUT2D eigenvalue weighted by molar-refractivity contribution is 9.10. The van der Waals surface area contributed by atoms with Crippen molar-refractivity contribution in [3.05, 3.63) is 48.8 Å². The second kappa shape index (κ2) is 4.93. The lowest BCUT2D eigenvalue weighted by atomic mass is 10.1. The van der Waals surface area contributed by atoms with Crippen molar-refractivity contribution in [3.8, 4) is 0 Å². The lowest BCUT2D eigenvalue weighted by Gasteiger charge is -2.10. The number of aromatic nitrogens is 1. The van der Waals surface area contributed by atoms with Crippen LogP contribution < -0.4 is 5.73 Å². The third kappa shape index (κ3) is 2.23. The van der Waals surface area contributed by atoms with Gasteiger partial charge in [0.2, 0.25) is 0 Å². The Balaban J connectivity index is 1.93. The van der Waals surface area contributed by atoms with E-state index < -0.39 is 0 Å². The van der Waals surface area contributed by atoms with Crippen LogP contribution in [-0.2, 0) is 12.8 Å². The molecule has 0 spiro atoms. The zero-order chi connectivity index (χ0) is 12.7. The molecular formula is C13H12BrClN2S. The summed E-state index contributed by atoms with van der Waals surface area (Å²) in [6, 6.07) is 5.64. The van der Waals surface area contributed by atoms with Crippen molar-refractivity contribution in [1.82, 2.24) is 4.98 Å². The number of nitrogens with zero attached hydrogens (tertiary/aromatic N) is 1. The first-order valence-corrected chi connectivity index (χ1v) is 7.83. The maximum atomic E-state index is 6.28. The molecule has 1 unspecified atom stereocenters. The summed E-state index contributed by atoms with van der Waals surface area (Å²) in [5.41, 5.74) is 8.57. The molecule has 1 aromatic carbocycles. The number of halogens is 2. The Labute approximate surface area is 123 Å². The van der Waals surface area contributed by atoms with E-state index in [2.05, 4.69) is 20.9 Å². The molecule has 2 nitrogen and oxygen atoms in total. The van der Waals surface area contributed by atoms with Crippen LogP contribution in [0.1, 0.15) is 33.6 Å². The van der Waals surface area contributed by atoms with E-state index >= 15 is 0 Å². The molecule has 1 aliphatic carbocycles. The molecule has 0 aliphatic heterocycles. The van der Waals surface area contributed by atoms with E-state index in [9.17, 15) is 0 Å². The van der Waals surface area contributed by atoms with Crippen molar-refractivity contribution in [2.75, 3.05) is 0 Å². The van der Waals surface area contributed by atoms with Crippen LogP contribution in [-0.4, -0.2) is 4.98 Å². The van der Waals surface area contributed by atoms with Crippen LogP contribution in [0.3, 0.4) is 0 Å². The van der Waals surface area contributed by atoms with Crippen LogP contribution in [0.15, 0.2) is 22.7 Å². The molecule has 1 heterocycles. The highest BCUT2D eigenvalue weighted by atomic mass is 79.9. The smallest absolute Gasteiger partial charge is 0.114 e. The topological polar surface area (TPSA) is 38.9 Å². The maximum Gasteiger partial charge on any atom is 0.114 e. The minimum atomic E-state index is -0.158. The minimum absolute atomic E-state index is 0.158. The standard InChI is InChI=1S/C13H12BrClN2S/c14-8-6-7(4-5-9(8)15)12(16)13-17-10-2-1-3-11(10)18-13/h4-6,12H,1-3,16H2. The summed E-state index contributed by atoms with van der Waals surface area (Å²) in [6.45, 7) is 0. The number of thiazole rings is 1. The molecule has 2 aromatic rings. The molecule has 2 N–H and O–H groups in total.